The van der Waals surface area contributed by atoms with E-state index in [2.05, 4.69) is 25.7 Å². The van der Waals surface area contributed by atoms with E-state index in [1.54, 1.807) is 0 Å². The average Bonchev–Trinajstić information content (AvgIpc) is 2.37. The molecular weight excluding hydrogens is 230 g/mol. The van der Waals surface area contributed by atoms with Crippen LogP contribution >= 0.6 is 0 Å². The molecule has 1 saturated carbocycles. The van der Waals surface area contributed by atoms with E-state index < -0.39 is 0 Å². The van der Waals surface area contributed by atoms with E-state index in [9.17, 15) is 4.79 Å². The zero-order valence-corrected chi connectivity index (χ0v) is 11.7. The molecule has 4 nitrogen and oxygen atoms in total. The molecule has 1 aliphatic carbocycles. The summed E-state index contributed by atoms with van der Waals surface area (Å²) in [5, 5.41) is 11.9. The summed E-state index contributed by atoms with van der Waals surface area (Å²) in [5.74, 6) is -0.247. The Hall–Kier alpha value is -0.870. The molecule has 1 amide bonds. The minimum absolute atomic E-state index is 0.0292. The molecular formula is C14H25NO3. The first kappa shape index (κ1) is 15.2. The maximum Gasteiger partial charge on any atom is 0.249 e. The lowest BCUT2D eigenvalue weighted by Crippen LogP contribution is -2.64. The van der Waals surface area contributed by atoms with E-state index in [1.807, 2.05) is 6.92 Å². The second kappa shape index (κ2) is 6.34. The van der Waals surface area contributed by atoms with Gasteiger partial charge in [-0.2, -0.15) is 0 Å². The first-order chi connectivity index (χ1) is 8.55. The van der Waals surface area contributed by atoms with Crippen LogP contribution in [0.1, 0.15) is 40.0 Å². The van der Waals surface area contributed by atoms with Gasteiger partial charge in [0.2, 0.25) is 5.91 Å². The number of carbonyl (C=O) groups excluding carboxylic acids is 1. The van der Waals surface area contributed by atoms with E-state index >= 15 is 0 Å². The summed E-state index contributed by atoms with van der Waals surface area (Å²) in [6.45, 7) is 10.2. The normalized spacial score (nSPS) is 25.3. The third-order valence-electron chi connectivity index (χ3n) is 4.29. The molecule has 0 saturated heterocycles. The molecule has 0 heterocycles. The van der Waals surface area contributed by atoms with Crippen LogP contribution in [-0.2, 0) is 9.53 Å². The van der Waals surface area contributed by atoms with E-state index in [0.717, 1.165) is 19.3 Å². The Morgan fingerprint density at radius 2 is 2.06 bits per heavy atom. The molecule has 4 heteroatoms. The van der Waals surface area contributed by atoms with Gasteiger partial charge in [0.25, 0.3) is 0 Å². The van der Waals surface area contributed by atoms with Crippen molar-refractivity contribution in [3.8, 4) is 0 Å². The molecule has 0 spiro atoms. The molecule has 18 heavy (non-hydrogen) atoms. The number of aliphatic hydroxyl groups excluding tert-OH is 1. The molecule has 2 N–H and O–H groups in total. The molecule has 0 unspecified atom stereocenters. The molecule has 1 aliphatic rings. The number of ether oxygens (including phenoxy) is 1. The molecule has 1 fully saturated rings. The Bertz CT molecular complexity index is 310. The van der Waals surface area contributed by atoms with Crippen LogP contribution < -0.4 is 5.32 Å². The highest BCUT2D eigenvalue weighted by atomic mass is 16.5. The zero-order valence-electron chi connectivity index (χ0n) is 11.7. The van der Waals surface area contributed by atoms with Gasteiger partial charge in [0.05, 0.1) is 12.7 Å². The zero-order chi connectivity index (χ0) is 13.8. The second-order valence-corrected chi connectivity index (χ2v) is 4.91. The van der Waals surface area contributed by atoms with Crippen LogP contribution in [0.15, 0.2) is 12.2 Å². The van der Waals surface area contributed by atoms with Gasteiger partial charge in [0, 0.05) is 23.6 Å². The number of amides is 1. The van der Waals surface area contributed by atoms with E-state index in [-0.39, 0.29) is 35.6 Å². The van der Waals surface area contributed by atoms with Crippen molar-refractivity contribution in [2.45, 2.75) is 52.2 Å². The van der Waals surface area contributed by atoms with E-state index in [1.165, 1.54) is 0 Å². The van der Waals surface area contributed by atoms with Crippen molar-refractivity contribution in [1.29, 1.82) is 0 Å². The molecule has 0 bridgehead atoms. The first-order valence-corrected chi connectivity index (χ1v) is 6.76. The lowest BCUT2D eigenvalue weighted by atomic mass is 9.58. The van der Waals surface area contributed by atoms with Crippen LogP contribution in [0.5, 0.6) is 0 Å². The summed E-state index contributed by atoms with van der Waals surface area (Å²) in [5.41, 5.74) is 0.248. The van der Waals surface area contributed by atoms with Crippen LogP contribution in [0.25, 0.3) is 0 Å². The van der Waals surface area contributed by atoms with Gasteiger partial charge in [-0.05, 0) is 26.2 Å². The van der Waals surface area contributed by atoms with Gasteiger partial charge in [-0.3, -0.25) is 4.79 Å². The van der Waals surface area contributed by atoms with Crippen molar-refractivity contribution in [2.24, 2.45) is 5.41 Å². The topological polar surface area (TPSA) is 58.6 Å². The van der Waals surface area contributed by atoms with Crippen LogP contribution in [0.2, 0.25) is 0 Å². The number of nitrogens with one attached hydrogen (secondary N) is 1. The Morgan fingerprint density at radius 3 is 2.50 bits per heavy atom. The maximum atomic E-state index is 11.7. The Kier molecular flexibility index (Phi) is 5.35. The molecule has 0 aliphatic heterocycles. The SMILES string of the molecule is C=C(CO)C(=O)N[C@H]1C[C@@H](OCC)C1(CC)CC. The summed E-state index contributed by atoms with van der Waals surface area (Å²) in [6, 6.07) is 0.125. The fraction of sp³-hybridized carbons (Fsp3) is 0.786. The monoisotopic (exact) mass is 255 g/mol. The fourth-order valence-corrected chi connectivity index (χ4v) is 2.92. The predicted molar refractivity (Wildman–Crippen MR) is 71.2 cm³/mol. The van der Waals surface area contributed by atoms with Gasteiger partial charge in [-0.1, -0.05) is 20.4 Å². The van der Waals surface area contributed by atoms with Crippen molar-refractivity contribution in [3.05, 3.63) is 12.2 Å². The van der Waals surface area contributed by atoms with Gasteiger partial charge < -0.3 is 15.2 Å². The lowest BCUT2D eigenvalue weighted by molar-refractivity contribution is -0.146. The molecule has 0 aromatic rings. The molecule has 1 rings (SSSR count). The van der Waals surface area contributed by atoms with Gasteiger partial charge in [-0.15, -0.1) is 0 Å². The predicted octanol–water partition coefficient (Wildman–Crippen LogP) is 1.63. The molecule has 104 valence electrons. The van der Waals surface area contributed by atoms with Crippen LogP contribution in [-0.4, -0.2) is 36.4 Å². The van der Waals surface area contributed by atoms with E-state index in [0.29, 0.717) is 6.61 Å². The Labute approximate surface area is 109 Å². The number of carbonyl (C=O) groups is 1. The minimum Gasteiger partial charge on any atom is -0.391 e. The number of hydrogen-bond donors (Lipinski definition) is 2. The summed E-state index contributed by atoms with van der Waals surface area (Å²) >= 11 is 0. The van der Waals surface area contributed by atoms with Crippen molar-refractivity contribution in [2.75, 3.05) is 13.2 Å². The van der Waals surface area contributed by atoms with Gasteiger partial charge in [0.15, 0.2) is 0 Å². The highest BCUT2D eigenvalue weighted by Gasteiger charge is 2.53. The Morgan fingerprint density at radius 1 is 1.44 bits per heavy atom. The largest absolute Gasteiger partial charge is 0.391 e. The second-order valence-electron chi connectivity index (χ2n) is 4.91. The van der Waals surface area contributed by atoms with Crippen LogP contribution in [0.3, 0.4) is 0 Å². The third-order valence-corrected chi connectivity index (χ3v) is 4.29. The van der Waals surface area contributed by atoms with Gasteiger partial charge >= 0.3 is 0 Å². The third kappa shape index (κ3) is 2.59. The fourth-order valence-electron chi connectivity index (χ4n) is 2.92. The van der Waals surface area contributed by atoms with Crippen LogP contribution in [0, 0.1) is 5.41 Å². The molecule has 0 aromatic heterocycles. The van der Waals surface area contributed by atoms with Crippen molar-refractivity contribution < 1.29 is 14.6 Å². The average molecular weight is 255 g/mol. The number of hydrogen-bond acceptors (Lipinski definition) is 3. The summed E-state index contributed by atoms with van der Waals surface area (Å²) in [4.78, 5) is 11.7. The van der Waals surface area contributed by atoms with Crippen molar-refractivity contribution >= 4 is 5.91 Å². The Balaban J connectivity index is 2.67. The lowest BCUT2D eigenvalue weighted by Gasteiger charge is -2.55. The number of rotatable bonds is 7. The summed E-state index contributed by atoms with van der Waals surface area (Å²) < 4.78 is 5.75. The summed E-state index contributed by atoms with van der Waals surface area (Å²) in [6.07, 6.45) is 3.03. The number of aliphatic hydroxyl groups is 1. The first-order valence-electron chi connectivity index (χ1n) is 6.76. The van der Waals surface area contributed by atoms with E-state index in [4.69, 9.17) is 9.84 Å². The maximum absolute atomic E-state index is 11.7. The minimum atomic E-state index is -0.293. The van der Waals surface area contributed by atoms with Crippen molar-refractivity contribution in [1.82, 2.24) is 5.32 Å². The van der Waals surface area contributed by atoms with Crippen molar-refractivity contribution in [3.63, 3.8) is 0 Å². The smallest absolute Gasteiger partial charge is 0.249 e. The standard InChI is InChI=1S/C14H25NO3/c1-5-14(6-2)11(8-12(14)18-7-3)15-13(17)10(4)9-16/h11-12,16H,4-9H2,1-3H3,(H,15,17)/t11-,12+/m0/s1. The van der Waals surface area contributed by atoms with Crippen LogP contribution in [0.4, 0.5) is 0 Å². The molecule has 0 aromatic carbocycles. The van der Waals surface area contributed by atoms with Gasteiger partial charge in [-0.25, -0.2) is 0 Å². The molecule has 0 radical (unpaired) electrons. The quantitative estimate of drug-likeness (QED) is 0.680. The molecule has 2 atom stereocenters. The summed E-state index contributed by atoms with van der Waals surface area (Å²) in [7, 11) is 0. The highest BCUT2D eigenvalue weighted by Crippen LogP contribution is 2.48. The van der Waals surface area contributed by atoms with Gasteiger partial charge in [0.1, 0.15) is 0 Å². The highest BCUT2D eigenvalue weighted by molar-refractivity contribution is 5.93.